The van der Waals surface area contributed by atoms with Crippen LogP contribution in [0.15, 0.2) is 65.2 Å². The van der Waals surface area contributed by atoms with Crippen molar-refractivity contribution in [2.75, 3.05) is 25.1 Å². The number of benzene rings is 1. The maximum Gasteiger partial charge on any atom is 0.246 e. The molecule has 5 rings (SSSR count). The first-order valence-corrected chi connectivity index (χ1v) is 19.4. The van der Waals surface area contributed by atoms with Gasteiger partial charge in [-0.2, -0.15) is 5.10 Å². The molecule has 1 N–H and O–H groups in total. The van der Waals surface area contributed by atoms with E-state index >= 15 is 0 Å². The summed E-state index contributed by atoms with van der Waals surface area (Å²) in [6.07, 6.45) is 0.203. The van der Waals surface area contributed by atoms with E-state index in [0.29, 0.717) is 40.4 Å². The molecule has 4 aromatic heterocycles. The molecule has 1 aromatic carbocycles. The van der Waals surface area contributed by atoms with Crippen LogP contribution in [0.25, 0.3) is 22.8 Å². The van der Waals surface area contributed by atoms with Gasteiger partial charge in [-0.1, -0.05) is 31.8 Å². The number of furan rings is 1. The van der Waals surface area contributed by atoms with Crippen LogP contribution >= 0.6 is 0 Å². The highest BCUT2D eigenvalue weighted by Gasteiger charge is 2.40. The Morgan fingerprint density at radius 1 is 1.00 bits per heavy atom. The van der Waals surface area contributed by atoms with Gasteiger partial charge in [-0.15, -0.1) is 10.2 Å². The molecule has 4 heterocycles. The van der Waals surface area contributed by atoms with Crippen LogP contribution in [0.3, 0.4) is 0 Å². The Morgan fingerprint density at radius 3 is 2.30 bits per heavy atom. The Morgan fingerprint density at radius 2 is 1.68 bits per heavy atom. The zero-order chi connectivity index (χ0) is 31.8. The zero-order valence-electron chi connectivity index (χ0n) is 25.9. The van der Waals surface area contributed by atoms with E-state index in [-0.39, 0.29) is 18.3 Å². The van der Waals surface area contributed by atoms with Crippen LogP contribution in [-0.4, -0.2) is 72.0 Å². The number of hydrogen-bond donors (Lipinski definition) is 1. The third-order valence-electron chi connectivity index (χ3n) is 7.50. The van der Waals surface area contributed by atoms with Gasteiger partial charge < -0.3 is 19.0 Å². The monoisotopic (exact) mass is 638 g/mol. The third kappa shape index (κ3) is 5.84. The number of fused-ring (bicyclic) bond motifs is 1. The van der Waals surface area contributed by atoms with Gasteiger partial charge in [0.05, 0.1) is 25.4 Å². The molecule has 5 aromatic rings. The number of aryl methyl sites for hydroxylation is 1. The van der Waals surface area contributed by atoms with E-state index in [1.165, 1.54) is 25.4 Å². The molecule has 0 saturated carbocycles. The summed E-state index contributed by atoms with van der Waals surface area (Å²) in [6, 6.07) is 16.5. The molecule has 234 valence electrons. The van der Waals surface area contributed by atoms with E-state index in [1.54, 1.807) is 63.8 Å². The van der Waals surface area contributed by atoms with E-state index in [0.717, 1.165) is 5.52 Å². The average molecular weight is 639 g/mol. The Bertz CT molecular complexity index is 1850. The standard InChI is InChI=1S/C30H38N6O6SSi/c1-20-14-15-26(42-20)29-32-33-30(35(29)27-24(40-3)12-9-13-25(27)41-4)34(18-19-44(5,6)7)43(38,39)21(2)28(37)23-11-8-10-22-16-17-31-36(22)23/h8-17,21,28,37H,18-19H2,1-7H3. The summed E-state index contributed by atoms with van der Waals surface area (Å²) in [5.74, 6) is 2.14. The van der Waals surface area contributed by atoms with Crippen molar-refractivity contribution in [2.45, 2.75) is 50.9 Å². The van der Waals surface area contributed by atoms with Gasteiger partial charge in [-0.3, -0.25) is 4.57 Å². The predicted octanol–water partition coefficient (Wildman–Crippen LogP) is 5.10. The fourth-order valence-corrected chi connectivity index (χ4v) is 7.60. The van der Waals surface area contributed by atoms with Crippen molar-refractivity contribution in [2.24, 2.45) is 0 Å². The van der Waals surface area contributed by atoms with Crippen LogP contribution in [0, 0.1) is 6.92 Å². The summed E-state index contributed by atoms with van der Waals surface area (Å²) in [6.45, 7) is 9.92. The summed E-state index contributed by atoms with van der Waals surface area (Å²) in [4.78, 5) is 0. The highest BCUT2D eigenvalue weighted by atomic mass is 32.2. The van der Waals surface area contributed by atoms with Gasteiger partial charge >= 0.3 is 0 Å². The minimum atomic E-state index is -4.28. The van der Waals surface area contributed by atoms with E-state index in [1.807, 2.05) is 13.0 Å². The maximum absolute atomic E-state index is 14.7. The molecule has 12 nitrogen and oxygen atoms in total. The fraction of sp³-hybridized carbons (Fsp3) is 0.367. The lowest BCUT2D eigenvalue weighted by molar-refractivity contribution is 0.168. The number of hydrogen-bond acceptors (Lipinski definition) is 9. The predicted molar refractivity (Wildman–Crippen MR) is 171 cm³/mol. The maximum atomic E-state index is 14.7. The van der Waals surface area contributed by atoms with Crippen molar-refractivity contribution in [1.29, 1.82) is 0 Å². The Labute approximate surface area is 257 Å². The van der Waals surface area contributed by atoms with Crippen LogP contribution < -0.4 is 13.8 Å². The number of para-hydroxylation sites is 1. The van der Waals surface area contributed by atoms with Crippen molar-refractivity contribution >= 4 is 29.6 Å². The quantitative estimate of drug-likeness (QED) is 0.185. The smallest absolute Gasteiger partial charge is 0.246 e. The third-order valence-corrected chi connectivity index (χ3v) is 11.4. The van der Waals surface area contributed by atoms with Gasteiger partial charge in [-0.25, -0.2) is 17.2 Å². The molecule has 0 aliphatic heterocycles. The number of aromatic nitrogens is 5. The molecular formula is C30H38N6O6SSi. The van der Waals surface area contributed by atoms with Crippen molar-refractivity contribution < 1.29 is 27.4 Å². The number of pyridine rings is 1. The van der Waals surface area contributed by atoms with Crippen LogP contribution in [0.5, 0.6) is 11.5 Å². The molecule has 2 unspecified atom stereocenters. The number of aliphatic hydroxyl groups is 1. The molecule has 0 aliphatic rings. The molecule has 0 saturated heterocycles. The average Bonchev–Trinajstić information content (AvgIpc) is 3.75. The number of methoxy groups -OCH3 is 2. The zero-order valence-corrected chi connectivity index (χ0v) is 27.7. The first kappa shape index (κ1) is 31.3. The van der Waals surface area contributed by atoms with E-state index < -0.39 is 29.5 Å². The molecule has 14 heteroatoms. The molecule has 0 fully saturated rings. The van der Waals surface area contributed by atoms with E-state index in [9.17, 15) is 13.5 Å². The Kier molecular flexibility index (Phi) is 8.60. The van der Waals surface area contributed by atoms with Gasteiger partial charge in [0.15, 0.2) is 5.76 Å². The van der Waals surface area contributed by atoms with Crippen molar-refractivity contribution in [3.63, 3.8) is 0 Å². The molecule has 2 atom stereocenters. The van der Waals surface area contributed by atoms with Gasteiger partial charge in [0.25, 0.3) is 0 Å². The lowest BCUT2D eigenvalue weighted by atomic mass is 10.2. The second-order valence-corrected chi connectivity index (χ2v) is 19.6. The van der Waals surface area contributed by atoms with Crippen molar-refractivity contribution in [1.82, 2.24) is 24.4 Å². The van der Waals surface area contributed by atoms with Gasteiger partial charge in [0, 0.05) is 20.8 Å². The molecule has 0 amide bonds. The molecule has 0 aliphatic carbocycles. The lowest BCUT2D eigenvalue weighted by Crippen LogP contribution is -2.44. The molecule has 0 bridgehead atoms. The molecular weight excluding hydrogens is 601 g/mol. The SMILES string of the molecule is COc1cccc(OC)c1-n1c(-c2ccc(C)o2)nnc1N(CC[Si](C)(C)C)S(=O)(=O)C(C)C(O)c1cccc2ccnn12. The first-order valence-electron chi connectivity index (χ1n) is 14.2. The van der Waals surface area contributed by atoms with Gasteiger partial charge in [0.1, 0.15) is 34.3 Å². The van der Waals surface area contributed by atoms with Crippen LogP contribution in [-0.2, 0) is 10.0 Å². The van der Waals surface area contributed by atoms with E-state index in [4.69, 9.17) is 13.9 Å². The number of anilines is 1. The van der Waals surface area contributed by atoms with Crippen LogP contribution in [0.2, 0.25) is 25.7 Å². The minimum Gasteiger partial charge on any atom is -0.494 e. The topological polar surface area (TPSA) is 137 Å². The minimum absolute atomic E-state index is 0.0199. The highest BCUT2D eigenvalue weighted by molar-refractivity contribution is 7.93. The van der Waals surface area contributed by atoms with E-state index in [2.05, 4.69) is 34.9 Å². The van der Waals surface area contributed by atoms with Crippen molar-refractivity contribution in [3.05, 3.63) is 72.2 Å². The summed E-state index contributed by atoms with van der Waals surface area (Å²) >= 11 is 0. The second-order valence-electron chi connectivity index (χ2n) is 11.8. The van der Waals surface area contributed by atoms with Crippen LogP contribution in [0.4, 0.5) is 5.95 Å². The second kappa shape index (κ2) is 12.1. The van der Waals surface area contributed by atoms with Crippen LogP contribution in [0.1, 0.15) is 24.5 Å². The molecule has 0 radical (unpaired) electrons. The lowest BCUT2D eigenvalue weighted by Gasteiger charge is -2.31. The number of aliphatic hydroxyl groups excluding tert-OH is 1. The first-order chi connectivity index (χ1) is 20.9. The Hall–Kier alpha value is -4.14. The number of nitrogens with zero attached hydrogens (tertiary/aromatic N) is 6. The molecule has 44 heavy (non-hydrogen) atoms. The highest BCUT2D eigenvalue weighted by Crippen LogP contribution is 2.40. The largest absolute Gasteiger partial charge is 0.494 e. The fourth-order valence-electron chi connectivity index (χ4n) is 4.99. The molecule has 0 spiro atoms. The summed E-state index contributed by atoms with van der Waals surface area (Å²) in [5.41, 5.74) is 1.50. The summed E-state index contributed by atoms with van der Waals surface area (Å²) in [5, 5.41) is 23.5. The number of rotatable bonds is 12. The number of ether oxygens (including phenoxy) is 2. The van der Waals surface area contributed by atoms with Gasteiger partial charge in [0.2, 0.25) is 21.8 Å². The van der Waals surface area contributed by atoms with Gasteiger partial charge in [-0.05, 0) is 62.4 Å². The Balaban J connectivity index is 1.72. The normalized spacial score (nSPS) is 13.6. The number of sulfonamides is 1. The summed E-state index contributed by atoms with van der Waals surface area (Å²) in [7, 11) is -3.02. The summed E-state index contributed by atoms with van der Waals surface area (Å²) < 4.78 is 51.1. The van der Waals surface area contributed by atoms with Crippen molar-refractivity contribution in [3.8, 4) is 28.8 Å².